The molecule has 1 amide bonds. The fraction of sp³-hybridized carbons (Fsp3) is 0.400. The standard InChI is InChI=1S/C15H19FN2O/c1-4-15(2,3)17-14(19)10-18-8-7-11-5-6-12(16)9-13(11)18/h5-9H,4,10H2,1-3H3,(H,17,19). The number of rotatable bonds is 4. The van der Waals surface area contributed by atoms with Crippen molar-refractivity contribution >= 4 is 16.8 Å². The molecule has 0 unspecified atom stereocenters. The van der Waals surface area contributed by atoms with Crippen LogP contribution >= 0.6 is 0 Å². The zero-order valence-electron chi connectivity index (χ0n) is 11.5. The molecule has 0 bridgehead atoms. The molecule has 19 heavy (non-hydrogen) atoms. The van der Waals surface area contributed by atoms with Gasteiger partial charge in [0.15, 0.2) is 0 Å². The summed E-state index contributed by atoms with van der Waals surface area (Å²) in [5, 5.41) is 3.90. The van der Waals surface area contributed by atoms with E-state index in [9.17, 15) is 9.18 Å². The Labute approximate surface area is 112 Å². The van der Waals surface area contributed by atoms with Crippen molar-refractivity contribution in [2.24, 2.45) is 0 Å². The van der Waals surface area contributed by atoms with Crippen molar-refractivity contribution in [1.29, 1.82) is 0 Å². The lowest BCUT2D eigenvalue weighted by atomic mass is 10.0. The van der Waals surface area contributed by atoms with Crippen LogP contribution in [0.1, 0.15) is 27.2 Å². The fourth-order valence-electron chi connectivity index (χ4n) is 1.95. The topological polar surface area (TPSA) is 34.0 Å². The molecule has 3 nitrogen and oxygen atoms in total. The summed E-state index contributed by atoms with van der Waals surface area (Å²) >= 11 is 0. The van der Waals surface area contributed by atoms with E-state index >= 15 is 0 Å². The van der Waals surface area contributed by atoms with Gasteiger partial charge in [-0.3, -0.25) is 4.79 Å². The van der Waals surface area contributed by atoms with E-state index < -0.39 is 0 Å². The van der Waals surface area contributed by atoms with Crippen LogP contribution in [0.4, 0.5) is 4.39 Å². The van der Waals surface area contributed by atoms with Gasteiger partial charge >= 0.3 is 0 Å². The molecule has 0 aliphatic rings. The van der Waals surface area contributed by atoms with Crippen LogP contribution in [-0.2, 0) is 11.3 Å². The van der Waals surface area contributed by atoms with Crippen molar-refractivity contribution < 1.29 is 9.18 Å². The SMILES string of the molecule is CCC(C)(C)NC(=O)Cn1ccc2ccc(F)cc21. The van der Waals surface area contributed by atoms with Crippen LogP contribution < -0.4 is 5.32 Å². The van der Waals surface area contributed by atoms with Crippen LogP contribution in [0.25, 0.3) is 10.9 Å². The van der Waals surface area contributed by atoms with E-state index in [-0.39, 0.29) is 23.8 Å². The average molecular weight is 262 g/mol. The van der Waals surface area contributed by atoms with E-state index in [1.807, 2.05) is 33.0 Å². The zero-order chi connectivity index (χ0) is 14.0. The molecule has 1 heterocycles. The number of nitrogens with one attached hydrogen (secondary N) is 1. The first-order valence-corrected chi connectivity index (χ1v) is 6.47. The first-order valence-electron chi connectivity index (χ1n) is 6.47. The van der Waals surface area contributed by atoms with Crippen LogP contribution in [0.3, 0.4) is 0 Å². The normalized spacial score (nSPS) is 11.8. The van der Waals surface area contributed by atoms with Crippen molar-refractivity contribution in [1.82, 2.24) is 9.88 Å². The van der Waals surface area contributed by atoms with Gasteiger partial charge in [0.05, 0.1) is 5.52 Å². The average Bonchev–Trinajstić information content (AvgIpc) is 2.71. The van der Waals surface area contributed by atoms with Crippen molar-refractivity contribution in [3.05, 3.63) is 36.3 Å². The summed E-state index contributed by atoms with van der Waals surface area (Å²) in [6.45, 7) is 6.20. The second-order valence-electron chi connectivity index (χ2n) is 5.43. The van der Waals surface area contributed by atoms with E-state index in [4.69, 9.17) is 0 Å². The number of hydrogen-bond acceptors (Lipinski definition) is 1. The molecular formula is C15H19FN2O. The molecule has 4 heteroatoms. The summed E-state index contributed by atoms with van der Waals surface area (Å²) in [4.78, 5) is 12.0. The number of fused-ring (bicyclic) bond motifs is 1. The molecule has 0 aliphatic carbocycles. The van der Waals surface area contributed by atoms with Gasteiger partial charge in [-0.05, 0) is 49.9 Å². The number of carbonyl (C=O) groups is 1. The van der Waals surface area contributed by atoms with Gasteiger partial charge in [0, 0.05) is 11.7 Å². The molecule has 0 radical (unpaired) electrons. The number of amides is 1. The third-order valence-corrected chi connectivity index (χ3v) is 3.41. The second kappa shape index (κ2) is 5.03. The molecule has 1 aromatic heterocycles. The number of hydrogen-bond donors (Lipinski definition) is 1. The third kappa shape index (κ3) is 3.13. The van der Waals surface area contributed by atoms with E-state index in [1.54, 1.807) is 10.6 Å². The summed E-state index contributed by atoms with van der Waals surface area (Å²) in [5.74, 6) is -0.352. The monoisotopic (exact) mass is 262 g/mol. The van der Waals surface area contributed by atoms with Gasteiger partial charge in [0.2, 0.25) is 5.91 Å². The Bertz CT molecular complexity index is 601. The molecular weight excluding hydrogens is 243 g/mol. The molecule has 0 saturated carbocycles. The first-order chi connectivity index (χ1) is 8.91. The minimum absolute atomic E-state index is 0.0615. The van der Waals surface area contributed by atoms with Gasteiger partial charge in [-0.25, -0.2) is 4.39 Å². The Hall–Kier alpha value is -1.84. The van der Waals surface area contributed by atoms with Gasteiger partial charge in [0.25, 0.3) is 0 Å². The smallest absolute Gasteiger partial charge is 0.240 e. The predicted molar refractivity (Wildman–Crippen MR) is 74.4 cm³/mol. The van der Waals surface area contributed by atoms with E-state index in [0.29, 0.717) is 0 Å². The van der Waals surface area contributed by atoms with Gasteiger partial charge in [-0.2, -0.15) is 0 Å². The molecule has 0 spiro atoms. The van der Waals surface area contributed by atoms with E-state index in [1.165, 1.54) is 12.1 Å². The maximum Gasteiger partial charge on any atom is 0.240 e. The number of aromatic nitrogens is 1. The maximum absolute atomic E-state index is 13.2. The van der Waals surface area contributed by atoms with E-state index in [0.717, 1.165) is 17.3 Å². The maximum atomic E-state index is 13.2. The van der Waals surface area contributed by atoms with Crippen LogP contribution in [0.2, 0.25) is 0 Å². The number of benzene rings is 1. The second-order valence-corrected chi connectivity index (χ2v) is 5.43. The van der Waals surface area contributed by atoms with Crippen LogP contribution in [-0.4, -0.2) is 16.0 Å². The Balaban J connectivity index is 2.17. The lowest BCUT2D eigenvalue weighted by Gasteiger charge is -2.24. The molecule has 0 fully saturated rings. The lowest BCUT2D eigenvalue weighted by molar-refractivity contribution is -0.123. The number of nitrogens with zero attached hydrogens (tertiary/aromatic N) is 1. The molecule has 102 valence electrons. The predicted octanol–water partition coefficient (Wildman–Crippen LogP) is 3.09. The Kier molecular flexibility index (Phi) is 3.60. The Morgan fingerprint density at radius 1 is 1.37 bits per heavy atom. The Morgan fingerprint density at radius 2 is 2.11 bits per heavy atom. The number of carbonyl (C=O) groups excluding carboxylic acids is 1. The molecule has 0 atom stereocenters. The molecule has 2 rings (SSSR count). The summed E-state index contributed by atoms with van der Waals surface area (Å²) < 4.78 is 15.0. The largest absolute Gasteiger partial charge is 0.350 e. The highest BCUT2D eigenvalue weighted by molar-refractivity contribution is 5.83. The van der Waals surface area contributed by atoms with Crippen LogP contribution in [0.5, 0.6) is 0 Å². The van der Waals surface area contributed by atoms with Crippen molar-refractivity contribution in [3.8, 4) is 0 Å². The molecule has 1 N–H and O–H groups in total. The van der Waals surface area contributed by atoms with Crippen molar-refractivity contribution in [2.45, 2.75) is 39.3 Å². The molecule has 2 aromatic rings. The summed E-state index contributed by atoms with van der Waals surface area (Å²) in [6, 6.07) is 6.47. The van der Waals surface area contributed by atoms with Gasteiger partial charge in [0.1, 0.15) is 12.4 Å². The highest BCUT2D eigenvalue weighted by Gasteiger charge is 2.18. The molecule has 1 aromatic carbocycles. The highest BCUT2D eigenvalue weighted by atomic mass is 19.1. The molecule has 0 aliphatic heterocycles. The first kappa shape index (κ1) is 13.6. The van der Waals surface area contributed by atoms with Crippen molar-refractivity contribution in [3.63, 3.8) is 0 Å². The quantitative estimate of drug-likeness (QED) is 0.902. The molecule has 0 saturated heterocycles. The Morgan fingerprint density at radius 3 is 2.79 bits per heavy atom. The van der Waals surface area contributed by atoms with Crippen molar-refractivity contribution in [2.75, 3.05) is 0 Å². The third-order valence-electron chi connectivity index (χ3n) is 3.41. The lowest BCUT2D eigenvalue weighted by Crippen LogP contribution is -2.44. The van der Waals surface area contributed by atoms with Gasteiger partial charge in [-0.1, -0.05) is 6.92 Å². The minimum Gasteiger partial charge on any atom is -0.350 e. The van der Waals surface area contributed by atoms with Gasteiger partial charge in [-0.15, -0.1) is 0 Å². The summed E-state index contributed by atoms with van der Waals surface area (Å²) in [6.07, 6.45) is 2.67. The summed E-state index contributed by atoms with van der Waals surface area (Å²) in [7, 11) is 0. The van der Waals surface area contributed by atoms with Gasteiger partial charge < -0.3 is 9.88 Å². The van der Waals surface area contributed by atoms with Crippen LogP contribution in [0, 0.1) is 5.82 Å². The minimum atomic E-state index is -0.290. The number of halogens is 1. The fourth-order valence-corrected chi connectivity index (χ4v) is 1.95. The zero-order valence-corrected chi connectivity index (χ0v) is 11.5. The summed E-state index contributed by atoms with van der Waals surface area (Å²) in [5.41, 5.74) is 0.523. The highest BCUT2D eigenvalue weighted by Crippen LogP contribution is 2.17. The van der Waals surface area contributed by atoms with Crippen LogP contribution in [0.15, 0.2) is 30.5 Å². The van der Waals surface area contributed by atoms with E-state index in [2.05, 4.69) is 5.32 Å².